The molecule has 1 heterocycles. The third-order valence-corrected chi connectivity index (χ3v) is 5.00. The van der Waals surface area contributed by atoms with E-state index in [1.165, 1.54) is 12.1 Å². The van der Waals surface area contributed by atoms with E-state index in [1.807, 2.05) is 53.9 Å². The molecule has 0 amide bonds. The molecule has 27 heavy (non-hydrogen) atoms. The van der Waals surface area contributed by atoms with Crippen molar-refractivity contribution >= 4 is 17.3 Å². The Morgan fingerprint density at radius 3 is 2.44 bits per heavy atom. The van der Waals surface area contributed by atoms with E-state index >= 15 is 0 Å². The smallest absolute Gasteiger partial charge is 0.169 e. The van der Waals surface area contributed by atoms with Crippen LogP contribution in [0.5, 0.6) is 0 Å². The van der Waals surface area contributed by atoms with Gasteiger partial charge in [-0.2, -0.15) is 5.10 Å². The summed E-state index contributed by atoms with van der Waals surface area (Å²) >= 11 is 5.50. The first-order chi connectivity index (χ1) is 13.0. The number of thiocarbonyl (C=S) groups is 1. The minimum Gasteiger partial charge on any atom is -0.358 e. The van der Waals surface area contributed by atoms with Crippen LogP contribution in [-0.2, 0) is 13.1 Å². The minimum atomic E-state index is -0.236. The topological polar surface area (TPSA) is 33.1 Å². The van der Waals surface area contributed by atoms with Gasteiger partial charge in [0.25, 0.3) is 0 Å². The zero-order valence-electron chi connectivity index (χ0n) is 15.7. The molecule has 1 aromatic heterocycles. The molecule has 0 radical (unpaired) electrons. The van der Waals surface area contributed by atoms with Crippen LogP contribution in [0.2, 0.25) is 0 Å². The van der Waals surface area contributed by atoms with Gasteiger partial charge in [0.2, 0.25) is 0 Å². The number of hydrogen-bond donors (Lipinski definition) is 1. The summed E-state index contributed by atoms with van der Waals surface area (Å²) in [7, 11) is 1.96. The maximum absolute atomic E-state index is 13.0. The Bertz CT molecular complexity index is 919. The molecule has 0 atom stereocenters. The van der Waals surface area contributed by atoms with Crippen LogP contribution >= 0.6 is 12.2 Å². The summed E-state index contributed by atoms with van der Waals surface area (Å²) in [6.45, 7) is 5.32. The maximum atomic E-state index is 13.0. The Morgan fingerprint density at radius 2 is 1.78 bits per heavy atom. The molecule has 0 saturated carbocycles. The summed E-state index contributed by atoms with van der Waals surface area (Å²) in [6, 6.07) is 16.5. The summed E-state index contributed by atoms with van der Waals surface area (Å²) in [4.78, 5) is 1.99. The second-order valence-corrected chi connectivity index (χ2v) is 6.92. The van der Waals surface area contributed by atoms with Crippen LogP contribution < -0.4 is 5.32 Å². The largest absolute Gasteiger partial charge is 0.358 e. The SMILES string of the molecule is Cc1nn(-c2ccccc2)c(C)c1CN(C)C(=S)NCc1ccc(F)cc1. The van der Waals surface area contributed by atoms with Crippen molar-refractivity contribution in [1.29, 1.82) is 0 Å². The number of hydrogen-bond acceptors (Lipinski definition) is 2. The average Bonchev–Trinajstić information content (AvgIpc) is 2.96. The number of rotatable bonds is 5. The fourth-order valence-corrected chi connectivity index (χ4v) is 3.08. The fraction of sp³-hybridized carbons (Fsp3) is 0.238. The molecular formula is C21H23FN4S. The van der Waals surface area contributed by atoms with Crippen molar-refractivity contribution in [3.63, 3.8) is 0 Å². The third-order valence-electron chi connectivity index (χ3n) is 4.54. The summed E-state index contributed by atoms with van der Waals surface area (Å²) < 4.78 is 15.0. The molecule has 0 aliphatic carbocycles. The zero-order chi connectivity index (χ0) is 19.4. The Hall–Kier alpha value is -2.73. The lowest BCUT2D eigenvalue weighted by Crippen LogP contribution is -2.36. The molecule has 0 saturated heterocycles. The van der Waals surface area contributed by atoms with Crippen LogP contribution in [0.1, 0.15) is 22.5 Å². The van der Waals surface area contributed by atoms with E-state index in [1.54, 1.807) is 12.1 Å². The maximum Gasteiger partial charge on any atom is 0.169 e. The van der Waals surface area contributed by atoms with Crippen LogP contribution in [0.4, 0.5) is 4.39 Å². The highest BCUT2D eigenvalue weighted by Gasteiger charge is 2.15. The summed E-state index contributed by atoms with van der Waals surface area (Å²) in [5.41, 5.74) is 5.28. The number of nitrogens with one attached hydrogen (secondary N) is 1. The molecule has 4 nitrogen and oxygen atoms in total. The van der Waals surface area contributed by atoms with Crippen molar-refractivity contribution in [3.05, 3.63) is 82.9 Å². The van der Waals surface area contributed by atoms with E-state index in [-0.39, 0.29) is 5.82 Å². The van der Waals surface area contributed by atoms with E-state index in [0.29, 0.717) is 18.2 Å². The van der Waals surface area contributed by atoms with Crippen LogP contribution in [0.15, 0.2) is 54.6 Å². The molecule has 0 spiro atoms. The predicted octanol–water partition coefficient (Wildman–Crippen LogP) is 4.13. The minimum absolute atomic E-state index is 0.236. The molecule has 1 N–H and O–H groups in total. The van der Waals surface area contributed by atoms with Gasteiger partial charge in [-0.1, -0.05) is 30.3 Å². The molecule has 0 unspecified atom stereocenters. The van der Waals surface area contributed by atoms with Crippen molar-refractivity contribution in [1.82, 2.24) is 20.0 Å². The van der Waals surface area contributed by atoms with Gasteiger partial charge in [-0.15, -0.1) is 0 Å². The van der Waals surface area contributed by atoms with E-state index in [4.69, 9.17) is 12.2 Å². The second kappa shape index (κ2) is 8.31. The van der Waals surface area contributed by atoms with Gasteiger partial charge in [-0.25, -0.2) is 9.07 Å². The molecule has 2 aromatic carbocycles. The van der Waals surface area contributed by atoms with Gasteiger partial charge >= 0.3 is 0 Å². The quantitative estimate of drug-likeness (QED) is 0.673. The Labute approximate surface area is 164 Å². The van der Waals surface area contributed by atoms with Crippen LogP contribution in [0.25, 0.3) is 5.69 Å². The first-order valence-corrected chi connectivity index (χ1v) is 9.20. The van der Waals surface area contributed by atoms with E-state index in [0.717, 1.165) is 28.2 Å². The van der Waals surface area contributed by atoms with Gasteiger partial charge < -0.3 is 10.2 Å². The molecular weight excluding hydrogens is 359 g/mol. The fourth-order valence-electron chi connectivity index (χ4n) is 2.95. The molecule has 0 aliphatic heterocycles. The molecule has 0 aliphatic rings. The van der Waals surface area contributed by atoms with Gasteiger partial charge in [-0.3, -0.25) is 0 Å². The highest BCUT2D eigenvalue weighted by molar-refractivity contribution is 7.80. The standard InChI is InChI=1S/C21H23FN4S/c1-15-20(16(2)26(24-15)19-7-5-4-6-8-19)14-25(3)21(27)23-13-17-9-11-18(22)12-10-17/h4-12H,13-14H2,1-3H3,(H,23,27). The molecule has 6 heteroatoms. The number of aromatic nitrogens is 2. The summed E-state index contributed by atoms with van der Waals surface area (Å²) in [5.74, 6) is -0.236. The lowest BCUT2D eigenvalue weighted by Gasteiger charge is -2.21. The number of aryl methyl sites for hydroxylation is 1. The average molecular weight is 383 g/mol. The zero-order valence-corrected chi connectivity index (χ0v) is 16.6. The highest BCUT2D eigenvalue weighted by atomic mass is 32.1. The van der Waals surface area contributed by atoms with Gasteiger partial charge in [0.1, 0.15) is 5.82 Å². The van der Waals surface area contributed by atoms with Crippen molar-refractivity contribution in [2.24, 2.45) is 0 Å². The van der Waals surface area contributed by atoms with Gasteiger partial charge in [0, 0.05) is 31.4 Å². The van der Waals surface area contributed by atoms with E-state index in [2.05, 4.69) is 17.3 Å². The first kappa shape index (κ1) is 19.0. The van der Waals surface area contributed by atoms with Crippen LogP contribution in [-0.4, -0.2) is 26.8 Å². The Kier molecular flexibility index (Phi) is 5.86. The van der Waals surface area contributed by atoms with Crippen molar-refractivity contribution < 1.29 is 4.39 Å². The number of halogens is 1. The molecule has 3 rings (SSSR count). The van der Waals surface area contributed by atoms with Gasteiger partial charge in [0.05, 0.1) is 11.4 Å². The summed E-state index contributed by atoms with van der Waals surface area (Å²) in [6.07, 6.45) is 0. The molecule has 140 valence electrons. The Morgan fingerprint density at radius 1 is 1.11 bits per heavy atom. The van der Waals surface area contributed by atoms with E-state index < -0.39 is 0 Å². The first-order valence-electron chi connectivity index (χ1n) is 8.79. The number of benzene rings is 2. The molecule has 0 bridgehead atoms. The van der Waals surface area contributed by atoms with Crippen LogP contribution in [0.3, 0.4) is 0 Å². The van der Waals surface area contributed by atoms with Gasteiger partial charge in [-0.05, 0) is 55.9 Å². The molecule has 3 aromatic rings. The Balaban J connectivity index is 1.66. The van der Waals surface area contributed by atoms with Crippen molar-refractivity contribution in [3.8, 4) is 5.69 Å². The lowest BCUT2D eigenvalue weighted by molar-refractivity contribution is 0.486. The monoisotopic (exact) mass is 382 g/mol. The van der Waals surface area contributed by atoms with Gasteiger partial charge in [0.15, 0.2) is 5.11 Å². The highest BCUT2D eigenvalue weighted by Crippen LogP contribution is 2.19. The van der Waals surface area contributed by atoms with Crippen LogP contribution in [0, 0.1) is 19.7 Å². The normalized spacial score (nSPS) is 10.7. The van der Waals surface area contributed by atoms with Crippen molar-refractivity contribution in [2.45, 2.75) is 26.9 Å². The second-order valence-electron chi connectivity index (χ2n) is 6.54. The van der Waals surface area contributed by atoms with Crippen molar-refractivity contribution in [2.75, 3.05) is 7.05 Å². The third kappa shape index (κ3) is 4.52. The lowest BCUT2D eigenvalue weighted by atomic mass is 10.2. The number of nitrogens with zero attached hydrogens (tertiary/aromatic N) is 3. The summed E-state index contributed by atoms with van der Waals surface area (Å²) in [5, 5.41) is 8.55. The number of para-hydroxylation sites is 1. The van der Waals surface area contributed by atoms with E-state index in [9.17, 15) is 4.39 Å². The predicted molar refractivity (Wildman–Crippen MR) is 110 cm³/mol. The molecule has 0 fully saturated rings.